The van der Waals surface area contributed by atoms with Crippen molar-refractivity contribution in [2.24, 2.45) is 0 Å². The molecule has 0 spiro atoms. The molecule has 3 N–H and O–H groups in total. The third kappa shape index (κ3) is 6.03. The Labute approximate surface area is 150 Å². The summed E-state index contributed by atoms with van der Waals surface area (Å²) < 4.78 is 28.4. The fourth-order valence-electron chi connectivity index (χ4n) is 1.44. The molecule has 0 heterocycles. The molecule has 0 bridgehead atoms. The summed E-state index contributed by atoms with van der Waals surface area (Å²) in [5, 5.41) is 26.3. The van der Waals surface area contributed by atoms with E-state index >= 15 is 0 Å². The second-order valence-electron chi connectivity index (χ2n) is 4.06. The fourth-order valence-corrected chi connectivity index (χ4v) is 2.46. The van der Waals surface area contributed by atoms with Gasteiger partial charge in [-0.1, -0.05) is 0 Å². The number of carboxylic acid groups (broad SMARTS) is 2. The smallest absolute Gasteiger partial charge is 1.00 e. The van der Waals surface area contributed by atoms with Crippen LogP contribution in [0.25, 0.3) is 0 Å². The van der Waals surface area contributed by atoms with Crippen LogP contribution in [0.2, 0.25) is 0 Å². The molecule has 0 amide bonds. The van der Waals surface area contributed by atoms with Gasteiger partial charge in [-0.05, 0) is 31.0 Å². The van der Waals surface area contributed by atoms with Crippen molar-refractivity contribution in [3.8, 4) is 0 Å². The van der Waals surface area contributed by atoms with Gasteiger partial charge in [0.25, 0.3) is 10.1 Å². The molecule has 8 nitrogen and oxygen atoms in total. The van der Waals surface area contributed by atoms with Gasteiger partial charge in [-0.25, -0.2) is 9.59 Å². The third-order valence-electron chi connectivity index (χ3n) is 2.48. The van der Waals surface area contributed by atoms with Crippen LogP contribution in [-0.2, 0) is 14.3 Å². The van der Waals surface area contributed by atoms with Gasteiger partial charge in [0.15, 0.2) is 0 Å². The zero-order chi connectivity index (χ0) is 16.0. The summed E-state index contributed by atoms with van der Waals surface area (Å²) in [6, 6.07) is 2.52. The molecular formula is C12H15NaO8S. The Balaban J connectivity index is 0. The van der Waals surface area contributed by atoms with Crippen molar-refractivity contribution in [1.29, 1.82) is 0 Å². The number of hydrogen-bond acceptors (Lipinski definition) is 6. The quantitative estimate of drug-likeness (QED) is 0.272. The van der Waals surface area contributed by atoms with Gasteiger partial charge in [-0.15, -0.1) is 0 Å². The van der Waals surface area contributed by atoms with E-state index in [0.29, 0.717) is 12.8 Å². The second kappa shape index (κ2) is 9.23. The van der Waals surface area contributed by atoms with E-state index in [0.717, 1.165) is 18.2 Å². The van der Waals surface area contributed by atoms with E-state index in [9.17, 15) is 18.0 Å². The maximum Gasteiger partial charge on any atom is 1.00 e. The summed E-state index contributed by atoms with van der Waals surface area (Å²) in [6.45, 7) is -0.302. The van der Waals surface area contributed by atoms with Crippen molar-refractivity contribution in [2.45, 2.75) is 17.7 Å². The van der Waals surface area contributed by atoms with Crippen LogP contribution >= 0.6 is 0 Å². The van der Waals surface area contributed by atoms with Gasteiger partial charge in [0.05, 0.1) is 22.6 Å². The topological polar surface area (TPSA) is 138 Å². The molecule has 0 fully saturated rings. The molecule has 0 aliphatic rings. The molecule has 0 aliphatic carbocycles. The predicted octanol–water partition coefficient (Wildman–Crippen LogP) is -2.32. The Hall–Kier alpha value is -0.970. The van der Waals surface area contributed by atoms with E-state index < -0.39 is 38.1 Å². The summed E-state index contributed by atoms with van der Waals surface area (Å²) in [5.41, 5.74) is -0.931. The standard InChI is InChI=1S/C12H14O8S.Na.H/c13-3-1-2-4-20-21(18,19)10-6-8(11(14)15)5-9(7-10)12(16)17;;/h5-7,13H,1-4H2,(H,14,15)(H,16,17);;/q;+1;-1. The summed E-state index contributed by atoms with van der Waals surface area (Å²) in [7, 11) is -4.26. The van der Waals surface area contributed by atoms with Gasteiger partial charge in [0.1, 0.15) is 0 Å². The van der Waals surface area contributed by atoms with E-state index in [4.69, 9.17) is 15.3 Å². The molecular weight excluding hydrogens is 327 g/mol. The molecule has 0 atom stereocenters. The van der Waals surface area contributed by atoms with Crippen molar-refractivity contribution in [3.63, 3.8) is 0 Å². The molecule has 0 unspecified atom stereocenters. The van der Waals surface area contributed by atoms with Gasteiger partial charge in [0, 0.05) is 6.61 Å². The maximum absolute atomic E-state index is 11.9. The Morgan fingerprint density at radius 3 is 1.95 bits per heavy atom. The van der Waals surface area contributed by atoms with Crippen molar-refractivity contribution in [3.05, 3.63) is 29.3 Å². The SMILES string of the molecule is O=C(O)c1cc(C(=O)O)cc(S(=O)(=O)OCCCCO)c1.[H-].[Na+]. The van der Waals surface area contributed by atoms with Crippen LogP contribution in [0.3, 0.4) is 0 Å². The van der Waals surface area contributed by atoms with Crippen LogP contribution in [-0.4, -0.2) is 48.9 Å². The van der Waals surface area contributed by atoms with E-state index in [1.807, 2.05) is 0 Å². The average molecular weight is 342 g/mol. The van der Waals surface area contributed by atoms with Crippen molar-refractivity contribution in [2.75, 3.05) is 13.2 Å². The number of unbranched alkanes of at least 4 members (excludes halogenated alkanes) is 1. The third-order valence-corrected chi connectivity index (χ3v) is 3.77. The molecule has 0 saturated heterocycles. The van der Waals surface area contributed by atoms with Gasteiger partial charge in [-0.3, -0.25) is 4.18 Å². The molecule has 1 rings (SSSR count). The van der Waals surface area contributed by atoms with Gasteiger partial charge in [-0.2, -0.15) is 8.42 Å². The first-order valence-corrected chi connectivity index (χ1v) is 7.30. The van der Waals surface area contributed by atoms with Crippen LogP contribution in [0.1, 0.15) is 35.0 Å². The minimum atomic E-state index is -4.26. The first kappa shape index (κ1) is 21.0. The largest absolute Gasteiger partial charge is 1.00 e. The number of hydrogen-bond donors (Lipinski definition) is 3. The van der Waals surface area contributed by atoms with Crippen LogP contribution in [0, 0.1) is 0 Å². The van der Waals surface area contributed by atoms with Crippen molar-refractivity contribution >= 4 is 22.1 Å². The van der Waals surface area contributed by atoms with Crippen molar-refractivity contribution in [1.82, 2.24) is 0 Å². The van der Waals surface area contributed by atoms with Crippen LogP contribution in [0.4, 0.5) is 0 Å². The Morgan fingerprint density at radius 1 is 1.05 bits per heavy atom. The summed E-state index contributed by atoms with van der Waals surface area (Å²) in [6.07, 6.45) is 0.644. The predicted molar refractivity (Wildman–Crippen MR) is 70.9 cm³/mol. The molecule has 0 saturated carbocycles. The van der Waals surface area contributed by atoms with Gasteiger partial charge in [0.2, 0.25) is 0 Å². The number of rotatable bonds is 8. The average Bonchev–Trinajstić information content (AvgIpc) is 2.43. The second-order valence-corrected chi connectivity index (χ2v) is 5.68. The first-order chi connectivity index (χ1) is 9.77. The fraction of sp³-hybridized carbons (Fsp3) is 0.333. The van der Waals surface area contributed by atoms with Crippen LogP contribution < -0.4 is 29.6 Å². The molecule has 0 aromatic heterocycles. The summed E-state index contributed by atoms with van der Waals surface area (Å²) in [5.74, 6) is -2.90. The minimum Gasteiger partial charge on any atom is -1.00 e. The number of aliphatic hydroxyl groups excluding tert-OH is 1. The molecule has 1 aromatic carbocycles. The van der Waals surface area contributed by atoms with E-state index in [1.165, 1.54) is 0 Å². The van der Waals surface area contributed by atoms with Gasteiger partial charge >= 0.3 is 41.5 Å². The van der Waals surface area contributed by atoms with Crippen LogP contribution in [0.5, 0.6) is 0 Å². The van der Waals surface area contributed by atoms with Gasteiger partial charge < -0.3 is 16.7 Å². The molecule has 0 aliphatic heterocycles. The maximum atomic E-state index is 11.9. The zero-order valence-electron chi connectivity index (χ0n) is 12.9. The Bertz CT molecular complexity index is 614. The number of carbonyl (C=O) groups is 2. The monoisotopic (exact) mass is 342 g/mol. The molecule has 10 heteroatoms. The summed E-state index contributed by atoms with van der Waals surface area (Å²) in [4.78, 5) is 21.3. The zero-order valence-corrected chi connectivity index (χ0v) is 14.7. The van der Waals surface area contributed by atoms with Crippen molar-refractivity contribution < 1.29 is 68.5 Å². The normalized spacial score (nSPS) is 10.8. The molecule has 22 heavy (non-hydrogen) atoms. The number of aliphatic hydroxyl groups is 1. The molecule has 118 valence electrons. The number of aromatic carboxylic acids is 2. The Kier molecular flexibility index (Phi) is 8.83. The number of carboxylic acids is 2. The Morgan fingerprint density at radius 2 is 1.55 bits per heavy atom. The van der Waals surface area contributed by atoms with E-state index in [1.54, 1.807) is 0 Å². The van der Waals surface area contributed by atoms with E-state index in [-0.39, 0.29) is 44.2 Å². The minimum absolute atomic E-state index is 0. The van der Waals surface area contributed by atoms with E-state index in [2.05, 4.69) is 4.18 Å². The number of benzene rings is 1. The van der Waals surface area contributed by atoms with Crippen LogP contribution in [0.15, 0.2) is 23.1 Å². The first-order valence-electron chi connectivity index (χ1n) is 5.90. The summed E-state index contributed by atoms with van der Waals surface area (Å²) >= 11 is 0. The molecule has 0 radical (unpaired) electrons. The molecule has 1 aromatic rings.